The average Bonchev–Trinajstić information content (AvgIpc) is 3.20. The van der Waals surface area contributed by atoms with E-state index in [0.29, 0.717) is 6.04 Å². The van der Waals surface area contributed by atoms with Gasteiger partial charge in [0.15, 0.2) is 0 Å². The van der Waals surface area contributed by atoms with Crippen LogP contribution in [0, 0.1) is 12.3 Å². The quantitative estimate of drug-likeness (QED) is 0.748. The number of nitrogens with zero attached hydrogens (tertiary/aromatic N) is 2. The number of nitrogens with two attached hydrogens (primary N) is 1. The first-order valence-corrected chi connectivity index (χ1v) is 6.39. The molecule has 2 aliphatic rings. The molecule has 2 atom stereocenters. The Labute approximate surface area is 107 Å². The van der Waals surface area contributed by atoms with Crippen LogP contribution in [0.5, 0.6) is 0 Å². The molecule has 1 aromatic carbocycles. The molecule has 0 bridgehead atoms. The minimum atomic E-state index is 0.0180. The van der Waals surface area contributed by atoms with Gasteiger partial charge in [0.1, 0.15) is 6.17 Å². The second kappa shape index (κ2) is 4.15. The highest BCUT2D eigenvalue weighted by Gasteiger charge is 2.34. The Morgan fingerprint density at radius 1 is 1.50 bits per heavy atom. The summed E-state index contributed by atoms with van der Waals surface area (Å²) in [6.07, 6.45) is 10.2. The minimum Gasteiger partial charge on any atom is -0.351 e. The Hall–Kier alpha value is -1.79. The van der Waals surface area contributed by atoms with Crippen LogP contribution in [0.15, 0.2) is 23.2 Å². The molecule has 1 aliphatic carbocycles. The third-order valence-corrected chi connectivity index (χ3v) is 3.53. The Morgan fingerprint density at radius 3 is 2.89 bits per heavy atom. The van der Waals surface area contributed by atoms with Crippen molar-refractivity contribution in [3.05, 3.63) is 34.3 Å². The van der Waals surface area contributed by atoms with Crippen LogP contribution in [0.1, 0.15) is 25.3 Å². The van der Waals surface area contributed by atoms with Gasteiger partial charge in [0.25, 0.3) is 0 Å². The van der Waals surface area contributed by atoms with E-state index in [9.17, 15) is 0 Å². The molecular formula is C15H17N3. The zero-order chi connectivity index (χ0) is 12.7. The monoisotopic (exact) mass is 239 g/mol. The van der Waals surface area contributed by atoms with Crippen LogP contribution in [0.2, 0.25) is 0 Å². The Bertz CT molecular complexity index is 620. The molecule has 3 rings (SSSR count). The molecule has 18 heavy (non-hydrogen) atoms. The van der Waals surface area contributed by atoms with Crippen LogP contribution in [0.3, 0.4) is 0 Å². The lowest BCUT2D eigenvalue weighted by Gasteiger charge is -2.32. The topological polar surface area (TPSA) is 41.6 Å². The number of hydrogen-bond acceptors (Lipinski definition) is 3. The first-order valence-electron chi connectivity index (χ1n) is 6.39. The van der Waals surface area contributed by atoms with Crippen molar-refractivity contribution >= 4 is 6.20 Å². The second-order valence-electron chi connectivity index (χ2n) is 5.09. The van der Waals surface area contributed by atoms with Crippen molar-refractivity contribution in [1.29, 1.82) is 0 Å². The molecule has 0 aromatic heterocycles. The van der Waals surface area contributed by atoms with Crippen molar-refractivity contribution in [1.82, 2.24) is 4.90 Å². The van der Waals surface area contributed by atoms with Gasteiger partial charge in [0.2, 0.25) is 0 Å². The molecule has 0 spiro atoms. The van der Waals surface area contributed by atoms with Crippen molar-refractivity contribution in [3.63, 3.8) is 0 Å². The van der Waals surface area contributed by atoms with Gasteiger partial charge < -0.3 is 10.6 Å². The maximum Gasteiger partial charge on any atom is 0.136 e. The Morgan fingerprint density at radius 2 is 2.28 bits per heavy atom. The van der Waals surface area contributed by atoms with E-state index in [1.54, 1.807) is 0 Å². The normalized spacial score (nSPS) is 23.4. The molecule has 1 fully saturated rings. The summed E-state index contributed by atoms with van der Waals surface area (Å²) >= 11 is 0. The molecule has 0 amide bonds. The molecule has 0 saturated heterocycles. The van der Waals surface area contributed by atoms with Gasteiger partial charge in [-0.05, 0) is 31.9 Å². The van der Waals surface area contributed by atoms with Crippen molar-refractivity contribution < 1.29 is 0 Å². The van der Waals surface area contributed by atoms with Crippen LogP contribution in [0.25, 0.3) is 6.20 Å². The highest BCUT2D eigenvalue weighted by Crippen LogP contribution is 2.30. The lowest BCUT2D eigenvalue weighted by molar-refractivity contribution is 0.261. The Kier molecular flexibility index (Phi) is 2.61. The lowest BCUT2D eigenvalue weighted by atomic mass is 10.1. The van der Waals surface area contributed by atoms with Gasteiger partial charge in [-0.1, -0.05) is 12.0 Å². The van der Waals surface area contributed by atoms with Gasteiger partial charge in [-0.25, -0.2) is 0 Å². The largest absolute Gasteiger partial charge is 0.351 e. The Balaban J connectivity index is 2.19. The summed E-state index contributed by atoms with van der Waals surface area (Å²) < 4.78 is 0. The molecule has 0 radical (unpaired) electrons. The van der Waals surface area contributed by atoms with Crippen LogP contribution in [-0.2, 0) is 0 Å². The molecule has 1 unspecified atom stereocenters. The van der Waals surface area contributed by atoms with Gasteiger partial charge in [-0.15, -0.1) is 6.42 Å². The smallest absolute Gasteiger partial charge is 0.136 e. The van der Waals surface area contributed by atoms with Crippen molar-refractivity contribution in [2.75, 3.05) is 0 Å². The summed E-state index contributed by atoms with van der Waals surface area (Å²) in [6, 6.07) is 6.53. The van der Waals surface area contributed by atoms with E-state index in [1.807, 2.05) is 25.1 Å². The number of benzene rings is 1. The zero-order valence-electron chi connectivity index (χ0n) is 10.5. The van der Waals surface area contributed by atoms with E-state index in [2.05, 4.69) is 17.0 Å². The molecule has 3 nitrogen and oxygen atoms in total. The van der Waals surface area contributed by atoms with Gasteiger partial charge >= 0.3 is 0 Å². The molecule has 3 heteroatoms. The second-order valence-corrected chi connectivity index (χ2v) is 5.09. The maximum atomic E-state index is 6.06. The summed E-state index contributed by atoms with van der Waals surface area (Å²) in [7, 11) is 0. The summed E-state index contributed by atoms with van der Waals surface area (Å²) in [4.78, 5) is 7.06. The standard InChI is InChI=1S/C15H17N3/c1-3-11-5-4-6-14-13(11)9-18(12-7-8-12)15(17-14)10(2)16/h1,4-6,9-10,12,15H,7-8,16H2,2H3/t10?,15-/m1/s1. The van der Waals surface area contributed by atoms with Crippen LogP contribution < -0.4 is 16.3 Å². The maximum absolute atomic E-state index is 6.06. The summed E-state index contributed by atoms with van der Waals surface area (Å²) in [5.41, 5.74) is 6.96. The fourth-order valence-electron chi connectivity index (χ4n) is 2.44. The molecule has 1 heterocycles. The first-order chi connectivity index (χ1) is 8.70. The predicted octanol–water partition coefficient (Wildman–Crippen LogP) is 0.177. The molecule has 2 N–H and O–H groups in total. The van der Waals surface area contributed by atoms with Gasteiger partial charge in [0, 0.05) is 29.1 Å². The fourth-order valence-corrected chi connectivity index (χ4v) is 2.44. The summed E-state index contributed by atoms with van der Waals surface area (Å²) in [6.45, 7) is 2.01. The number of hydrogen-bond donors (Lipinski definition) is 1. The number of fused-ring (bicyclic) bond motifs is 1. The van der Waals surface area contributed by atoms with Crippen molar-refractivity contribution in [2.24, 2.45) is 10.7 Å². The van der Waals surface area contributed by atoms with Crippen LogP contribution in [-0.4, -0.2) is 23.1 Å². The van der Waals surface area contributed by atoms with E-state index in [1.165, 1.54) is 12.8 Å². The lowest BCUT2D eigenvalue weighted by Crippen LogP contribution is -2.50. The number of rotatable bonds is 2. The van der Waals surface area contributed by atoms with Gasteiger partial charge in [0.05, 0.1) is 5.36 Å². The highest BCUT2D eigenvalue weighted by atomic mass is 15.3. The third-order valence-electron chi connectivity index (χ3n) is 3.53. The molecule has 1 aliphatic heterocycles. The van der Waals surface area contributed by atoms with Gasteiger partial charge in [-0.3, -0.25) is 4.99 Å². The molecular weight excluding hydrogens is 222 g/mol. The highest BCUT2D eigenvalue weighted by molar-refractivity contribution is 5.40. The van der Waals surface area contributed by atoms with E-state index >= 15 is 0 Å². The van der Waals surface area contributed by atoms with Crippen LogP contribution in [0.4, 0.5) is 0 Å². The zero-order valence-corrected chi connectivity index (χ0v) is 10.5. The third kappa shape index (κ3) is 1.79. The van der Waals surface area contributed by atoms with Crippen LogP contribution >= 0.6 is 0 Å². The van der Waals surface area contributed by atoms with Crippen molar-refractivity contribution in [3.8, 4) is 12.3 Å². The average molecular weight is 239 g/mol. The first kappa shape index (κ1) is 11.3. The summed E-state index contributed by atoms with van der Waals surface area (Å²) in [5.74, 6) is 2.73. The fraction of sp³-hybridized carbons (Fsp3) is 0.400. The molecule has 1 saturated carbocycles. The van der Waals surface area contributed by atoms with Gasteiger partial charge in [-0.2, -0.15) is 0 Å². The minimum absolute atomic E-state index is 0.0180. The molecule has 1 aromatic rings. The van der Waals surface area contributed by atoms with E-state index in [0.717, 1.165) is 16.1 Å². The van der Waals surface area contributed by atoms with Crippen molar-refractivity contribution in [2.45, 2.75) is 38.0 Å². The molecule has 92 valence electrons. The summed E-state index contributed by atoms with van der Waals surface area (Å²) in [5, 5.41) is 2.02. The number of terminal acetylenes is 1. The SMILES string of the molecule is C#Cc1cccc2c1=CN(C1CC1)[C@H](C(C)N)N=2. The van der Waals surface area contributed by atoms with E-state index in [4.69, 9.17) is 17.1 Å². The predicted molar refractivity (Wildman–Crippen MR) is 71.9 cm³/mol. The van der Waals surface area contributed by atoms with E-state index in [-0.39, 0.29) is 12.2 Å². The van der Waals surface area contributed by atoms with E-state index < -0.39 is 0 Å².